The van der Waals surface area contributed by atoms with Crippen LogP contribution in [-0.4, -0.2) is 46.6 Å². The zero-order valence-corrected chi connectivity index (χ0v) is 18.6. The summed E-state index contributed by atoms with van der Waals surface area (Å²) in [5.74, 6) is 0.326. The molecule has 2 heterocycles. The Morgan fingerprint density at radius 3 is 2.75 bits per heavy atom. The number of aromatic nitrogens is 3. The first-order chi connectivity index (χ1) is 15.3. The summed E-state index contributed by atoms with van der Waals surface area (Å²) in [7, 11) is 3.13. The van der Waals surface area contributed by atoms with E-state index in [0.717, 1.165) is 0 Å². The first kappa shape index (κ1) is 22.8. The summed E-state index contributed by atoms with van der Waals surface area (Å²) in [5.41, 5.74) is 1.01. The third-order valence-corrected chi connectivity index (χ3v) is 4.66. The van der Waals surface area contributed by atoms with E-state index < -0.39 is 0 Å². The van der Waals surface area contributed by atoms with Crippen molar-refractivity contribution in [2.45, 2.75) is 6.92 Å². The van der Waals surface area contributed by atoms with Crippen molar-refractivity contribution < 1.29 is 9.53 Å². The predicted octanol–water partition coefficient (Wildman–Crippen LogP) is 2.30. The third kappa shape index (κ3) is 5.03. The molecule has 0 radical (unpaired) electrons. The lowest BCUT2D eigenvalue weighted by Gasteiger charge is -2.13. The van der Waals surface area contributed by atoms with Crippen LogP contribution >= 0.6 is 11.6 Å². The van der Waals surface area contributed by atoms with Crippen LogP contribution in [0, 0.1) is 0 Å². The summed E-state index contributed by atoms with van der Waals surface area (Å²) in [6.07, 6.45) is 3.29. The molecular formula is C21H22ClN7O3. The van der Waals surface area contributed by atoms with E-state index in [0.29, 0.717) is 27.4 Å². The van der Waals surface area contributed by atoms with E-state index in [1.54, 1.807) is 50.6 Å². The number of anilines is 1. The summed E-state index contributed by atoms with van der Waals surface area (Å²) in [6.45, 7) is 4.96. The minimum atomic E-state index is -0.343. The Kier molecular flexibility index (Phi) is 7.06. The van der Waals surface area contributed by atoms with Crippen LogP contribution in [0.2, 0.25) is 0 Å². The van der Waals surface area contributed by atoms with Crippen molar-refractivity contribution in [1.29, 1.82) is 0 Å². The highest BCUT2D eigenvalue weighted by Gasteiger charge is 2.11. The Bertz CT molecular complexity index is 1270. The molecule has 0 saturated heterocycles. The first-order valence-corrected chi connectivity index (χ1v) is 9.88. The molecule has 1 amide bonds. The van der Waals surface area contributed by atoms with Gasteiger partial charge in [-0.2, -0.15) is 10.1 Å². The summed E-state index contributed by atoms with van der Waals surface area (Å²) in [5, 5.41) is 10.8. The molecule has 3 aromatic rings. The fourth-order valence-corrected chi connectivity index (χ4v) is 2.91. The van der Waals surface area contributed by atoms with Crippen molar-refractivity contribution >= 4 is 46.8 Å². The summed E-state index contributed by atoms with van der Waals surface area (Å²) >= 11 is 6.25. The number of halogens is 1. The number of likely N-dealkylation sites (N-methyl/N-ethyl adjacent to an activating group) is 1. The Labute approximate surface area is 188 Å². The highest BCUT2D eigenvalue weighted by molar-refractivity contribution is 6.29. The third-order valence-electron chi connectivity index (χ3n) is 4.48. The van der Waals surface area contributed by atoms with Crippen molar-refractivity contribution in [2.24, 2.45) is 17.0 Å². The number of rotatable bonds is 6. The van der Waals surface area contributed by atoms with Gasteiger partial charge in [-0.3, -0.25) is 9.59 Å². The van der Waals surface area contributed by atoms with Gasteiger partial charge < -0.3 is 19.9 Å². The molecule has 0 bridgehead atoms. The monoisotopic (exact) mass is 455 g/mol. The molecule has 0 spiro atoms. The number of benzene rings is 1. The minimum Gasteiger partial charge on any atom is -0.478 e. The summed E-state index contributed by atoms with van der Waals surface area (Å²) in [6, 6.07) is 8.71. The highest BCUT2D eigenvalue weighted by Crippen LogP contribution is 2.23. The number of nitrogens with one attached hydrogen (secondary N) is 2. The molecule has 166 valence electrons. The number of hydrogen-bond acceptors (Lipinski definition) is 6. The van der Waals surface area contributed by atoms with Crippen molar-refractivity contribution in [3.8, 4) is 5.75 Å². The number of aliphatic imine (C=N–C) groups is 2. The Balaban J connectivity index is 1.96. The van der Waals surface area contributed by atoms with Crippen LogP contribution in [-0.2, 0) is 11.8 Å². The van der Waals surface area contributed by atoms with Crippen molar-refractivity contribution in [3.05, 3.63) is 63.9 Å². The second-order valence-corrected chi connectivity index (χ2v) is 7.20. The maximum atomic E-state index is 12.5. The highest BCUT2D eigenvalue weighted by atomic mass is 35.5. The number of ether oxygens (including phenoxy) is 1. The van der Waals surface area contributed by atoms with Gasteiger partial charge in [0.25, 0.3) is 17.4 Å². The summed E-state index contributed by atoms with van der Waals surface area (Å²) < 4.78 is 8.31. The van der Waals surface area contributed by atoms with E-state index in [1.807, 2.05) is 6.07 Å². The molecule has 0 saturated carbocycles. The largest absolute Gasteiger partial charge is 0.478 e. The zero-order chi connectivity index (χ0) is 23.3. The van der Waals surface area contributed by atoms with Crippen molar-refractivity contribution in [2.75, 3.05) is 19.0 Å². The number of fused-ring (bicyclic) bond motifs is 1. The van der Waals surface area contributed by atoms with Gasteiger partial charge in [0, 0.05) is 37.6 Å². The molecule has 2 aromatic heterocycles. The maximum absolute atomic E-state index is 12.5. The van der Waals surface area contributed by atoms with Crippen LogP contribution in [0.3, 0.4) is 0 Å². The number of carbonyl (C=O) groups is 1. The van der Waals surface area contributed by atoms with Crippen molar-refractivity contribution in [1.82, 2.24) is 19.7 Å². The van der Waals surface area contributed by atoms with E-state index in [4.69, 9.17) is 16.3 Å². The SMILES string of the molecule is C=NC(=N/C(Nc1ccc2c(c1)cc(OCC(=O)NC)c(=O)n2C)=C(\C)Cl)n1cccn1. The van der Waals surface area contributed by atoms with Gasteiger partial charge >= 0.3 is 0 Å². The fraction of sp³-hybridized carbons (Fsp3) is 0.190. The molecule has 0 unspecified atom stereocenters. The zero-order valence-electron chi connectivity index (χ0n) is 17.8. The van der Waals surface area contributed by atoms with Gasteiger partial charge in [-0.05, 0) is 44.0 Å². The average Bonchev–Trinajstić information content (AvgIpc) is 3.32. The maximum Gasteiger partial charge on any atom is 0.293 e. The quantitative estimate of drug-likeness (QED) is 0.437. The van der Waals surface area contributed by atoms with E-state index in [2.05, 4.69) is 32.4 Å². The molecule has 11 heteroatoms. The predicted molar refractivity (Wildman–Crippen MR) is 126 cm³/mol. The molecule has 1 aromatic carbocycles. The molecule has 0 fully saturated rings. The van der Waals surface area contributed by atoms with E-state index in [1.165, 1.54) is 16.3 Å². The second kappa shape index (κ2) is 9.92. The topological polar surface area (TPSA) is 115 Å². The Morgan fingerprint density at radius 1 is 1.34 bits per heavy atom. The van der Waals surface area contributed by atoms with Crippen LogP contribution in [0.5, 0.6) is 5.75 Å². The smallest absolute Gasteiger partial charge is 0.293 e. The number of hydrogen-bond donors (Lipinski definition) is 2. The Hall–Kier alpha value is -3.92. The number of nitrogens with zero attached hydrogens (tertiary/aromatic N) is 5. The van der Waals surface area contributed by atoms with Crippen LogP contribution in [0.25, 0.3) is 10.9 Å². The van der Waals surface area contributed by atoms with Crippen LogP contribution in [0.4, 0.5) is 5.69 Å². The standard InChI is InChI=1S/C21H22ClN7O3/c1-13(22)19(27-21(24-3)29-9-5-8-25-29)26-15-6-7-16-14(10-15)11-17(20(31)28(16)4)32-12-18(30)23-2/h5-11,26H,3,12H2,1-2,4H3,(H,23,30)/b19-13+,27-21?. The summed E-state index contributed by atoms with van der Waals surface area (Å²) in [4.78, 5) is 32.3. The molecule has 0 atom stereocenters. The van der Waals surface area contributed by atoms with E-state index in [-0.39, 0.29) is 29.8 Å². The number of aryl methyl sites for hydroxylation is 1. The molecule has 0 aliphatic heterocycles. The Morgan fingerprint density at radius 2 is 2.12 bits per heavy atom. The lowest BCUT2D eigenvalue weighted by molar-refractivity contribution is -0.122. The molecule has 0 aliphatic rings. The first-order valence-electron chi connectivity index (χ1n) is 9.50. The minimum absolute atomic E-state index is 0.0693. The molecule has 0 aliphatic carbocycles. The van der Waals surface area contributed by atoms with Gasteiger partial charge in [0.1, 0.15) is 5.82 Å². The molecule has 10 nitrogen and oxygen atoms in total. The van der Waals surface area contributed by atoms with Gasteiger partial charge in [0.2, 0.25) is 0 Å². The molecule has 3 rings (SSSR count). The molecule has 2 N–H and O–H groups in total. The van der Waals surface area contributed by atoms with Crippen LogP contribution < -0.4 is 20.9 Å². The lowest BCUT2D eigenvalue weighted by Crippen LogP contribution is -2.27. The van der Waals surface area contributed by atoms with Crippen LogP contribution in [0.15, 0.2) is 68.4 Å². The van der Waals surface area contributed by atoms with Crippen LogP contribution in [0.1, 0.15) is 6.92 Å². The normalized spacial score (nSPS) is 12.3. The fourth-order valence-electron chi connectivity index (χ4n) is 2.82. The number of pyridine rings is 1. The number of carbonyl (C=O) groups excluding carboxylic acids is 1. The molecular weight excluding hydrogens is 434 g/mol. The van der Waals surface area contributed by atoms with Gasteiger partial charge in [-0.25, -0.2) is 9.67 Å². The lowest BCUT2D eigenvalue weighted by atomic mass is 10.2. The van der Waals surface area contributed by atoms with E-state index >= 15 is 0 Å². The van der Waals surface area contributed by atoms with Gasteiger partial charge in [0.15, 0.2) is 12.4 Å². The van der Waals surface area contributed by atoms with E-state index in [9.17, 15) is 9.59 Å². The molecule has 32 heavy (non-hydrogen) atoms. The average molecular weight is 456 g/mol. The van der Waals surface area contributed by atoms with Gasteiger partial charge in [-0.15, -0.1) is 0 Å². The number of allylic oxidation sites excluding steroid dienone is 1. The van der Waals surface area contributed by atoms with Crippen molar-refractivity contribution in [3.63, 3.8) is 0 Å². The second-order valence-electron chi connectivity index (χ2n) is 6.64. The number of amides is 1. The van der Waals surface area contributed by atoms with Gasteiger partial charge in [-0.1, -0.05) is 11.6 Å². The van der Waals surface area contributed by atoms with Gasteiger partial charge in [0.05, 0.1) is 10.5 Å².